The van der Waals surface area contributed by atoms with Crippen molar-refractivity contribution in [2.24, 2.45) is 0 Å². The lowest BCUT2D eigenvalue weighted by molar-refractivity contribution is -0.112. The SMILES string of the molecule is CCn1c(=O)ccc2c3c(ccc21)N(C)C(=O)/C3=C\c1ccccc1. The zero-order chi connectivity index (χ0) is 17.6. The molecule has 1 aliphatic rings. The van der Waals surface area contributed by atoms with Crippen LogP contribution in [0.1, 0.15) is 18.1 Å². The minimum absolute atomic E-state index is 0.0267. The molecule has 25 heavy (non-hydrogen) atoms. The van der Waals surface area contributed by atoms with Gasteiger partial charge in [-0.15, -0.1) is 0 Å². The quantitative estimate of drug-likeness (QED) is 0.675. The molecule has 1 amide bonds. The van der Waals surface area contributed by atoms with Gasteiger partial charge in [0.25, 0.3) is 11.5 Å². The summed E-state index contributed by atoms with van der Waals surface area (Å²) >= 11 is 0. The molecule has 0 saturated carbocycles. The van der Waals surface area contributed by atoms with Crippen LogP contribution in [0.4, 0.5) is 5.69 Å². The zero-order valence-electron chi connectivity index (χ0n) is 14.2. The van der Waals surface area contributed by atoms with Crippen LogP contribution in [-0.2, 0) is 11.3 Å². The van der Waals surface area contributed by atoms with Crippen LogP contribution >= 0.6 is 0 Å². The summed E-state index contributed by atoms with van der Waals surface area (Å²) in [5.41, 5.74) is 4.25. The second kappa shape index (κ2) is 5.74. The van der Waals surface area contributed by atoms with E-state index in [-0.39, 0.29) is 11.5 Å². The first-order valence-electron chi connectivity index (χ1n) is 8.33. The van der Waals surface area contributed by atoms with Gasteiger partial charge in [-0.1, -0.05) is 30.3 Å². The van der Waals surface area contributed by atoms with E-state index in [0.29, 0.717) is 12.1 Å². The number of pyridine rings is 1. The Morgan fingerprint density at radius 2 is 1.72 bits per heavy atom. The topological polar surface area (TPSA) is 42.3 Å². The maximum Gasteiger partial charge on any atom is 0.258 e. The molecule has 0 saturated heterocycles. The van der Waals surface area contributed by atoms with Crippen molar-refractivity contribution in [2.75, 3.05) is 11.9 Å². The van der Waals surface area contributed by atoms with Crippen LogP contribution in [0.25, 0.3) is 22.6 Å². The number of aromatic nitrogens is 1. The van der Waals surface area contributed by atoms with Gasteiger partial charge < -0.3 is 9.47 Å². The third-order valence-electron chi connectivity index (χ3n) is 4.74. The Morgan fingerprint density at radius 1 is 0.960 bits per heavy atom. The third kappa shape index (κ3) is 2.30. The van der Waals surface area contributed by atoms with Crippen LogP contribution in [0.2, 0.25) is 0 Å². The number of aryl methyl sites for hydroxylation is 1. The van der Waals surface area contributed by atoms with Crippen LogP contribution < -0.4 is 10.5 Å². The molecular formula is C21H18N2O2. The van der Waals surface area contributed by atoms with E-state index in [9.17, 15) is 9.59 Å². The molecular weight excluding hydrogens is 312 g/mol. The van der Waals surface area contributed by atoms with Gasteiger partial charge in [-0.3, -0.25) is 9.59 Å². The molecule has 1 aromatic heterocycles. The van der Waals surface area contributed by atoms with Gasteiger partial charge in [-0.2, -0.15) is 0 Å². The summed E-state index contributed by atoms with van der Waals surface area (Å²) in [6, 6.07) is 17.1. The highest BCUT2D eigenvalue weighted by Crippen LogP contribution is 2.41. The van der Waals surface area contributed by atoms with E-state index in [1.165, 1.54) is 0 Å². The summed E-state index contributed by atoms with van der Waals surface area (Å²) in [5, 5.41) is 0.929. The van der Waals surface area contributed by atoms with Crippen molar-refractivity contribution < 1.29 is 4.79 Å². The summed E-state index contributed by atoms with van der Waals surface area (Å²) in [6.07, 6.45) is 1.92. The Morgan fingerprint density at radius 3 is 2.44 bits per heavy atom. The van der Waals surface area contributed by atoms with Crippen molar-refractivity contribution in [3.63, 3.8) is 0 Å². The average molecular weight is 330 g/mol. The number of fused-ring (bicyclic) bond motifs is 3. The molecule has 0 aliphatic carbocycles. The molecule has 4 rings (SSSR count). The highest BCUT2D eigenvalue weighted by Gasteiger charge is 2.31. The van der Waals surface area contributed by atoms with Crippen molar-refractivity contribution in [3.8, 4) is 0 Å². The van der Waals surface area contributed by atoms with Crippen molar-refractivity contribution in [3.05, 3.63) is 76.1 Å². The second-order valence-electron chi connectivity index (χ2n) is 6.14. The van der Waals surface area contributed by atoms with Crippen LogP contribution in [0.15, 0.2) is 59.4 Å². The highest BCUT2D eigenvalue weighted by atomic mass is 16.2. The van der Waals surface area contributed by atoms with Gasteiger partial charge >= 0.3 is 0 Å². The van der Waals surface area contributed by atoms with E-state index >= 15 is 0 Å². The van der Waals surface area contributed by atoms with Crippen molar-refractivity contribution in [2.45, 2.75) is 13.5 Å². The van der Waals surface area contributed by atoms with Crippen molar-refractivity contribution >= 4 is 34.1 Å². The van der Waals surface area contributed by atoms with Crippen molar-refractivity contribution in [1.82, 2.24) is 4.57 Å². The lowest BCUT2D eigenvalue weighted by Crippen LogP contribution is -2.20. The van der Waals surface area contributed by atoms with E-state index in [0.717, 1.165) is 27.7 Å². The predicted octanol–water partition coefficient (Wildman–Crippen LogP) is 3.54. The Bertz CT molecular complexity index is 1080. The van der Waals surface area contributed by atoms with E-state index < -0.39 is 0 Å². The van der Waals surface area contributed by atoms with E-state index in [2.05, 4.69) is 0 Å². The maximum absolute atomic E-state index is 12.8. The molecule has 3 aromatic rings. The predicted molar refractivity (Wildman–Crippen MR) is 102 cm³/mol. The molecule has 1 aliphatic heterocycles. The van der Waals surface area contributed by atoms with Crippen LogP contribution in [0, 0.1) is 0 Å². The molecule has 0 radical (unpaired) electrons. The Hall–Kier alpha value is -3.14. The molecule has 4 nitrogen and oxygen atoms in total. The van der Waals surface area contributed by atoms with E-state index in [1.807, 2.05) is 61.5 Å². The number of anilines is 1. The fraction of sp³-hybridized carbons (Fsp3) is 0.143. The molecule has 2 aromatic carbocycles. The molecule has 4 heteroatoms. The van der Waals surface area contributed by atoms with Gasteiger partial charge in [-0.05, 0) is 36.8 Å². The van der Waals surface area contributed by atoms with Gasteiger partial charge in [0, 0.05) is 30.6 Å². The molecule has 0 N–H and O–H groups in total. The fourth-order valence-corrected chi connectivity index (χ4v) is 3.50. The molecule has 2 heterocycles. The molecule has 0 fully saturated rings. The van der Waals surface area contributed by atoms with Crippen LogP contribution in [0.3, 0.4) is 0 Å². The van der Waals surface area contributed by atoms with Crippen LogP contribution in [-0.4, -0.2) is 17.5 Å². The first-order valence-corrected chi connectivity index (χ1v) is 8.33. The highest BCUT2D eigenvalue weighted by molar-refractivity contribution is 6.38. The summed E-state index contributed by atoms with van der Waals surface area (Å²) in [4.78, 5) is 26.6. The number of carbonyl (C=O) groups is 1. The molecule has 0 spiro atoms. The van der Waals surface area contributed by atoms with E-state index in [4.69, 9.17) is 0 Å². The number of hydrogen-bond acceptors (Lipinski definition) is 2. The normalized spacial score (nSPS) is 15.2. The molecule has 0 bridgehead atoms. The Labute approximate surface area is 145 Å². The average Bonchev–Trinajstić information content (AvgIpc) is 2.87. The van der Waals surface area contributed by atoms with Gasteiger partial charge in [-0.25, -0.2) is 0 Å². The van der Waals surface area contributed by atoms with Crippen LogP contribution in [0.5, 0.6) is 0 Å². The first kappa shape index (κ1) is 15.4. The first-order chi connectivity index (χ1) is 12.1. The van der Waals surface area contributed by atoms with Gasteiger partial charge in [0.05, 0.1) is 16.8 Å². The number of benzene rings is 2. The molecule has 0 atom stereocenters. The Balaban J connectivity index is 2.06. The van der Waals surface area contributed by atoms with Gasteiger partial charge in [0.2, 0.25) is 0 Å². The van der Waals surface area contributed by atoms with Gasteiger partial charge in [0.1, 0.15) is 0 Å². The minimum Gasteiger partial charge on any atom is -0.311 e. The third-order valence-corrected chi connectivity index (χ3v) is 4.74. The number of rotatable bonds is 2. The smallest absolute Gasteiger partial charge is 0.258 e. The number of hydrogen-bond donors (Lipinski definition) is 0. The largest absolute Gasteiger partial charge is 0.311 e. The lowest BCUT2D eigenvalue weighted by atomic mass is 9.99. The summed E-state index contributed by atoms with van der Waals surface area (Å²) in [6.45, 7) is 2.54. The lowest BCUT2D eigenvalue weighted by Gasteiger charge is -2.12. The van der Waals surface area contributed by atoms with E-state index in [1.54, 1.807) is 22.6 Å². The van der Waals surface area contributed by atoms with Crippen molar-refractivity contribution in [1.29, 1.82) is 0 Å². The second-order valence-corrected chi connectivity index (χ2v) is 6.14. The number of likely N-dealkylation sites (N-methyl/N-ethyl adjacent to an activating group) is 1. The fourth-order valence-electron chi connectivity index (χ4n) is 3.50. The number of carbonyl (C=O) groups excluding carboxylic acids is 1. The molecule has 124 valence electrons. The monoisotopic (exact) mass is 330 g/mol. The summed E-state index contributed by atoms with van der Waals surface area (Å²) in [7, 11) is 1.79. The standard InChI is InChI=1S/C21H18N2O2/c1-3-23-17-10-11-18-20(15(17)9-12-19(23)24)16(21(25)22(18)2)13-14-7-5-4-6-8-14/h4-13H,3H2,1-2H3/b16-13-. The maximum atomic E-state index is 12.8. The summed E-state index contributed by atoms with van der Waals surface area (Å²) in [5.74, 6) is -0.0272. The molecule has 0 unspecified atom stereocenters. The minimum atomic E-state index is -0.0272. The zero-order valence-corrected chi connectivity index (χ0v) is 14.2. The Kier molecular flexibility index (Phi) is 3.53. The van der Waals surface area contributed by atoms with Gasteiger partial charge in [0.15, 0.2) is 0 Å². The number of nitrogens with zero attached hydrogens (tertiary/aromatic N) is 2. The number of amides is 1. The summed E-state index contributed by atoms with van der Waals surface area (Å²) < 4.78 is 1.73.